The summed E-state index contributed by atoms with van der Waals surface area (Å²) in [6, 6.07) is 7.64. The van der Waals surface area contributed by atoms with Gasteiger partial charge in [0.2, 0.25) is 5.89 Å². The molecular formula is C14H16N4O2. The number of amides is 2. The number of urea groups is 1. The summed E-state index contributed by atoms with van der Waals surface area (Å²) in [5, 5.41) is 6.64. The van der Waals surface area contributed by atoms with E-state index in [0.29, 0.717) is 24.8 Å². The van der Waals surface area contributed by atoms with Gasteiger partial charge in [-0.15, -0.1) is 0 Å². The van der Waals surface area contributed by atoms with Crippen LogP contribution in [0.5, 0.6) is 0 Å². The van der Waals surface area contributed by atoms with Gasteiger partial charge in [0.1, 0.15) is 0 Å². The average Bonchev–Trinajstić information content (AvgIpc) is 2.73. The van der Waals surface area contributed by atoms with E-state index in [9.17, 15) is 4.79 Å². The fraction of sp³-hybridized carbons (Fsp3) is 0.357. The monoisotopic (exact) mass is 272 g/mol. The molecule has 1 aromatic carbocycles. The van der Waals surface area contributed by atoms with Crippen molar-refractivity contribution in [2.75, 3.05) is 18.4 Å². The fourth-order valence-corrected chi connectivity index (χ4v) is 2.20. The minimum Gasteiger partial charge on any atom is -0.339 e. The molecule has 2 aromatic rings. The van der Waals surface area contributed by atoms with Crippen LogP contribution in [-0.4, -0.2) is 34.2 Å². The van der Waals surface area contributed by atoms with Gasteiger partial charge in [-0.05, 0) is 31.5 Å². The van der Waals surface area contributed by atoms with E-state index in [1.54, 1.807) is 11.8 Å². The van der Waals surface area contributed by atoms with E-state index < -0.39 is 0 Å². The third-order valence-corrected chi connectivity index (χ3v) is 3.33. The minimum atomic E-state index is -0.0944. The number of aromatic nitrogens is 2. The van der Waals surface area contributed by atoms with Crippen molar-refractivity contribution in [1.29, 1.82) is 0 Å². The predicted molar refractivity (Wildman–Crippen MR) is 73.5 cm³/mol. The van der Waals surface area contributed by atoms with E-state index in [1.807, 2.05) is 31.2 Å². The Balaban J connectivity index is 1.56. The maximum atomic E-state index is 12.0. The van der Waals surface area contributed by atoms with E-state index in [4.69, 9.17) is 4.52 Å². The molecule has 0 spiro atoms. The molecule has 2 amide bonds. The molecule has 0 aliphatic carbocycles. The summed E-state index contributed by atoms with van der Waals surface area (Å²) in [5.41, 5.74) is 1.93. The number of benzene rings is 1. The molecule has 0 saturated carbocycles. The van der Waals surface area contributed by atoms with E-state index >= 15 is 0 Å². The van der Waals surface area contributed by atoms with Crippen LogP contribution in [0.25, 0.3) is 0 Å². The second-order valence-electron chi connectivity index (χ2n) is 5.08. The molecule has 0 atom stereocenters. The number of carbonyl (C=O) groups is 1. The van der Waals surface area contributed by atoms with Gasteiger partial charge < -0.3 is 14.7 Å². The first-order valence-corrected chi connectivity index (χ1v) is 6.54. The van der Waals surface area contributed by atoms with Crippen LogP contribution >= 0.6 is 0 Å². The molecule has 1 aliphatic heterocycles. The molecule has 1 aliphatic rings. The van der Waals surface area contributed by atoms with Crippen molar-refractivity contribution < 1.29 is 9.32 Å². The number of nitrogens with one attached hydrogen (secondary N) is 1. The number of carbonyl (C=O) groups excluding carboxylic acids is 1. The van der Waals surface area contributed by atoms with Gasteiger partial charge in [-0.3, -0.25) is 0 Å². The summed E-state index contributed by atoms with van der Waals surface area (Å²) in [7, 11) is 0. The maximum absolute atomic E-state index is 12.0. The highest BCUT2D eigenvalue weighted by Crippen LogP contribution is 2.26. The highest BCUT2D eigenvalue weighted by Gasteiger charge is 2.35. The third-order valence-electron chi connectivity index (χ3n) is 3.33. The van der Waals surface area contributed by atoms with Crippen molar-refractivity contribution in [1.82, 2.24) is 15.0 Å². The first-order chi connectivity index (χ1) is 9.61. The molecule has 1 saturated heterocycles. The maximum Gasteiger partial charge on any atom is 0.321 e. The lowest BCUT2D eigenvalue weighted by Crippen LogP contribution is -2.50. The van der Waals surface area contributed by atoms with E-state index in [2.05, 4.69) is 15.5 Å². The molecule has 0 bridgehead atoms. The summed E-state index contributed by atoms with van der Waals surface area (Å²) in [4.78, 5) is 18.0. The van der Waals surface area contributed by atoms with Gasteiger partial charge in [-0.25, -0.2) is 4.79 Å². The largest absolute Gasteiger partial charge is 0.339 e. The zero-order valence-corrected chi connectivity index (χ0v) is 11.5. The molecule has 20 heavy (non-hydrogen) atoms. The molecule has 6 nitrogen and oxygen atoms in total. The van der Waals surface area contributed by atoms with E-state index in [0.717, 1.165) is 11.3 Å². The lowest BCUT2D eigenvalue weighted by atomic mass is 10.0. The Kier molecular flexibility index (Phi) is 3.14. The molecule has 0 radical (unpaired) electrons. The lowest BCUT2D eigenvalue weighted by molar-refractivity contribution is 0.147. The van der Waals surface area contributed by atoms with E-state index in [1.165, 1.54) is 0 Å². The van der Waals surface area contributed by atoms with Crippen molar-refractivity contribution in [2.45, 2.75) is 19.8 Å². The fourth-order valence-electron chi connectivity index (χ4n) is 2.20. The molecular weight excluding hydrogens is 256 g/mol. The van der Waals surface area contributed by atoms with Gasteiger partial charge in [0.25, 0.3) is 0 Å². The number of anilines is 1. The highest BCUT2D eigenvalue weighted by atomic mass is 16.5. The molecule has 104 valence electrons. The smallest absolute Gasteiger partial charge is 0.321 e. The Hall–Kier alpha value is -2.37. The van der Waals surface area contributed by atoms with E-state index in [-0.39, 0.29) is 11.9 Å². The lowest BCUT2D eigenvalue weighted by Gasteiger charge is -2.36. The van der Waals surface area contributed by atoms with Crippen molar-refractivity contribution in [2.24, 2.45) is 0 Å². The van der Waals surface area contributed by atoms with Gasteiger partial charge >= 0.3 is 6.03 Å². The van der Waals surface area contributed by atoms with Crippen LogP contribution in [-0.2, 0) is 0 Å². The SMILES string of the molecule is Cc1cccc(NC(=O)N2CC(c3nc(C)no3)C2)c1. The van der Waals surface area contributed by atoms with Crippen molar-refractivity contribution >= 4 is 11.7 Å². The van der Waals surface area contributed by atoms with Crippen LogP contribution in [0.4, 0.5) is 10.5 Å². The molecule has 1 N–H and O–H groups in total. The normalized spacial score (nSPS) is 15.0. The standard InChI is InChI=1S/C14H16N4O2/c1-9-4-3-5-12(6-9)16-14(19)18-7-11(8-18)13-15-10(2)17-20-13/h3-6,11H,7-8H2,1-2H3,(H,16,19). The topological polar surface area (TPSA) is 71.3 Å². The summed E-state index contributed by atoms with van der Waals surface area (Å²) < 4.78 is 5.11. The van der Waals surface area contributed by atoms with Crippen LogP contribution in [0.1, 0.15) is 23.2 Å². The average molecular weight is 272 g/mol. The summed E-state index contributed by atoms with van der Waals surface area (Å²) in [6.45, 7) is 5.00. The Labute approximate surface area is 116 Å². The number of nitrogens with zero attached hydrogens (tertiary/aromatic N) is 3. The Morgan fingerprint density at radius 3 is 2.85 bits per heavy atom. The van der Waals surface area contributed by atoms with Crippen LogP contribution < -0.4 is 5.32 Å². The molecule has 6 heteroatoms. The predicted octanol–water partition coefficient (Wildman–Crippen LogP) is 2.32. The van der Waals surface area contributed by atoms with Crippen LogP contribution in [0, 0.1) is 13.8 Å². The second-order valence-corrected chi connectivity index (χ2v) is 5.08. The summed E-state index contributed by atoms with van der Waals surface area (Å²) in [6.07, 6.45) is 0. The van der Waals surface area contributed by atoms with Gasteiger partial charge in [0.15, 0.2) is 5.82 Å². The first-order valence-electron chi connectivity index (χ1n) is 6.54. The minimum absolute atomic E-state index is 0.0944. The number of aryl methyl sites for hydroxylation is 2. The molecule has 2 heterocycles. The van der Waals surface area contributed by atoms with Gasteiger partial charge in [-0.2, -0.15) is 4.98 Å². The highest BCUT2D eigenvalue weighted by molar-refractivity contribution is 5.90. The van der Waals surface area contributed by atoms with Crippen LogP contribution in [0.15, 0.2) is 28.8 Å². The zero-order chi connectivity index (χ0) is 14.1. The van der Waals surface area contributed by atoms with Gasteiger partial charge in [0.05, 0.1) is 5.92 Å². The summed E-state index contributed by atoms with van der Waals surface area (Å²) >= 11 is 0. The summed E-state index contributed by atoms with van der Waals surface area (Å²) in [5.74, 6) is 1.39. The molecule has 1 aromatic heterocycles. The first kappa shape index (κ1) is 12.7. The van der Waals surface area contributed by atoms with Crippen LogP contribution in [0.2, 0.25) is 0 Å². The number of likely N-dealkylation sites (tertiary alicyclic amines) is 1. The number of hydrogen-bond donors (Lipinski definition) is 1. The number of hydrogen-bond acceptors (Lipinski definition) is 4. The zero-order valence-electron chi connectivity index (χ0n) is 11.5. The van der Waals surface area contributed by atoms with Gasteiger partial charge in [0, 0.05) is 18.8 Å². The quantitative estimate of drug-likeness (QED) is 0.910. The van der Waals surface area contributed by atoms with Crippen LogP contribution in [0.3, 0.4) is 0 Å². The van der Waals surface area contributed by atoms with Gasteiger partial charge in [-0.1, -0.05) is 17.3 Å². The van der Waals surface area contributed by atoms with Crippen molar-refractivity contribution in [3.05, 3.63) is 41.5 Å². The Morgan fingerprint density at radius 1 is 1.40 bits per heavy atom. The third kappa shape index (κ3) is 2.49. The molecule has 1 fully saturated rings. The Morgan fingerprint density at radius 2 is 2.20 bits per heavy atom. The molecule has 3 rings (SSSR count). The number of rotatable bonds is 2. The van der Waals surface area contributed by atoms with Crippen molar-refractivity contribution in [3.63, 3.8) is 0 Å². The Bertz CT molecular complexity index is 632. The van der Waals surface area contributed by atoms with Crippen molar-refractivity contribution in [3.8, 4) is 0 Å². The molecule has 0 unspecified atom stereocenters. The second kappa shape index (κ2) is 4.96.